The van der Waals surface area contributed by atoms with Crippen LogP contribution >= 0.6 is 0 Å². The van der Waals surface area contributed by atoms with Crippen molar-refractivity contribution in [3.8, 4) is 0 Å². The van der Waals surface area contributed by atoms with Gasteiger partial charge in [0.2, 0.25) is 0 Å². The summed E-state index contributed by atoms with van der Waals surface area (Å²) in [4.78, 5) is 4.34. The van der Waals surface area contributed by atoms with Gasteiger partial charge in [0.15, 0.2) is 0 Å². The van der Waals surface area contributed by atoms with Crippen LogP contribution in [0, 0.1) is 0 Å². The summed E-state index contributed by atoms with van der Waals surface area (Å²) in [6.45, 7) is 6.23. The average molecular weight is 221 g/mol. The van der Waals surface area contributed by atoms with E-state index in [1.54, 1.807) is 0 Å². The Morgan fingerprint density at radius 1 is 1.62 bits per heavy atom. The molecule has 3 rings (SSSR count). The molecule has 4 nitrogen and oxygen atoms in total. The molecule has 2 fully saturated rings. The van der Waals surface area contributed by atoms with Crippen molar-refractivity contribution in [1.29, 1.82) is 0 Å². The Labute approximate surface area is 96.0 Å². The number of hydrogen-bond acceptors (Lipinski definition) is 3. The van der Waals surface area contributed by atoms with Crippen LogP contribution in [0.1, 0.15) is 31.5 Å². The summed E-state index contributed by atoms with van der Waals surface area (Å²) in [7, 11) is 0. The molecule has 0 aliphatic carbocycles. The van der Waals surface area contributed by atoms with E-state index in [4.69, 9.17) is 4.74 Å². The van der Waals surface area contributed by atoms with Crippen LogP contribution in [0.5, 0.6) is 0 Å². The Hall–Kier alpha value is -0.870. The minimum Gasteiger partial charge on any atom is -0.379 e. The molecule has 1 N–H and O–H groups in total. The van der Waals surface area contributed by atoms with E-state index in [2.05, 4.69) is 21.8 Å². The zero-order valence-electron chi connectivity index (χ0n) is 9.78. The lowest BCUT2D eigenvalue weighted by Gasteiger charge is -2.26. The number of ether oxygens (including phenoxy) is 1. The smallest absolute Gasteiger partial charge is 0.0951 e. The summed E-state index contributed by atoms with van der Waals surface area (Å²) in [5.74, 6) is 0. The van der Waals surface area contributed by atoms with Crippen molar-refractivity contribution < 1.29 is 4.74 Å². The molecular formula is C12H19N3O. The van der Waals surface area contributed by atoms with Crippen LogP contribution in [0.2, 0.25) is 0 Å². The van der Waals surface area contributed by atoms with Crippen molar-refractivity contribution in [2.75, 3.05) is 26.3 Å². The van der Waals surface area contributed by atoms with Gasteiger partial charge in [-0.25, -0.2) is 4.98 Å². The van der Waals surface area contributed by atoms with Crippen LogP contribution in [0.3, 0.4) is 0 Å². The Morgan fingerprint density at radius 2 is 2.56 bits per heavy atom. The summed E-state index contributed by atoms with van der Waals surface area (Å²) in [5.41, 5.74) is 1.62. The number of nitrogens with one attached hydrogen (secondary N) is 1. The lowest BCUT2D eigenvalue weighted by Crippen LogP contribution is -2.29. The zero-order valence-corrected chi connectivity index (χ0v) is 9.78. The molecule has 1 aromatic rings. The molecule has 0 aromatic carbocycles. The van der Waals surface area contributed by atoms with Crippen LogP contribution < -0.4 is 5.32 Å². The predicted octanol–water partition coefficient (Wildman–Crippen LogP) is 1.10. The maximum atomic E-state index is 5.47. The lowest BCUT2D eigenvalue weighted by molar-refractivity contribution is 0.185. The second kappa shape index (κ2) is 3.86. The fraction of sp³-hybridized carbons (Fsp3) is 0.750. The minimum absolute atomic E-state index is 0.249. The predicted molar refractivity (Wildman–Crippen MR) is 61.5 cm³/mol. The summed E-state index contributed by atoms with van der Waals surface area (Å²) in [6.07, 6.45) is 6.32. The van der Waals surface area contributed by atoms with E-state index < -0.39 is 0 Å². The summed E-state index contributed by atoms with van der Waals surface area (Å²) >= 11 is 0. The molecule has 0 spiro atoms. The molecule has 2 aliphatic heterocycles. The zero-order chi connectivity index (χ0) is 11.0. The standard InChI is InChI=1S/C12H19N3O/c1-12(3-4-13-8-12)11-6-14-9-15(11)10-2-5-16-7-10/h6,9-10,13H,2-5,7-8H2,1H3. The first-order valence-electron chi connectivity index (χ1n) is 6.10. The molecule has 3 heterocycles. The van der Waals surface area contributed by atoms with E-state index >= 15 is 0 Å². The van der Waals surface area contributed by atoms with Gasteiger partial charge in [0.05, 0.1) is 19.0 Å². The second-order valence-electron chi connectivity index (χ2n) is 5.19. The molecule has 0 saturated carbocycles. The first-order valence-corrected chi connectivity index (χ1v) is 6.10. The highest BCUT2D eigenvalue weighted by Gasteiger charge is 2.35. The Balaban J connectivity index is 1.92. The Morgan fingerprint density at radius 3 is 3.25 bits per heavy atom. The van der Waals surface area contributed by atoms with Crippen molar-refractivity contribution in [2.24, 2.45) is 0 Å². The number of nitrogens with zero attached hydrogens (tertiary/aromatic N) is 2. The molecule has 4 heteroatoms. The van der Waals surface area contributed by atoms with Gasteiger partial charge < -0.3 is 14.6 Å². The van der Waals surface area contributed by atoms with E-state index in [1.165, 1.54) is 12.1 Å². The first kappa shape index (κ1) is 10.3. The van der Waals surface area contributed by atoms with Crippen LogP contribution in [0.15, 0.2) is 12.5 Å². The quantitative estimate of drug-likeness (QED) is 0.812. The second-order valence-corrected chi connectivity index (χ2v) is 5.19. The summed E-state index contributed by atoms with van der Waals surface area (Å²) in [5, 5.41) is 3.45. The Kier molecular flexibility index (Phi) is 2.48. The molecular weight excluding hydrogens is 202 g/mol. The van der Waals surface area contributed by atoms with Crippen molar-refractivity contribution >= 4 is 0 Å². The van der Waals surface area contributed by atoms with Crippen LogP contribution in [0.4, 0.5) is 0 Å². The average Bonchev–Trinajstić information content (AvgIpc) is 2.98. The summed E-state index contributed by atoms with van der Waals surface area (Å²) < 4.78 is 7.80. The fourth-order valence-corrected chi connectivity index (χ4v) is 2.84. The summed E-state index contributed by atoms with van der Waals surface area (Å²) in [6, 6.07) is 0.495. The molecule has 2 unspecified atom stereocenters. The van der Waals surface area contributed by atoms with Crippen molar-refractivity contribution in [3.63, 3.8) is 0 Å². The highest BCUT2D eigenvalue weighted by Crippen LogP contribution is 2.33. The van der Waals surface area contributed by atoms with Crippen LogP contribution in [-0.4, -0.2) is 35.9 Å². The van der Waals surface area contributed by atoms with Crippen molar-refractivity contribution in [1.82, 2.24) is 14.9 Å². The maximum absolute atomic E-state index is 5.47. The monoisotopic (exact) mass is 221 g/mol. The first-order chi connectivity index (χ1) is 7.80. The highest BCUT2D eigenvalue weighted by atomic mass is 16.5. The minimum atomic E-state index is 0.249. The maximum Gasteiger partial charge on any atom is 0.0951 e. The third-order valence-corrected chi connectivity index (χ3v) is 3.95. The lowest BCUT2D eigenvalue weighted by atomic mass is 9.86. The van der Waals surface area contributed by atoms with Crippen molar-refractivity contribution in [2.45, 2.75) is 31.2 Å². The molecule has 0 amide bonds. The van der Waals surface area contributed by atoms with Gasteiger partial charge in [0.25, 0.3) is 0 Å². The molecule has 0 radical (unpaired) electrons. The van der Waals surface area contributed by atoms with E-state index in [9.17, 15) is 0 Å². The van der Waals surface area contributed by atoms with Crippen LogP contribution in [0.25, 0.3) is 0 Å². The van der Waals surface area contributed by atoms with Gasteiger partial charge in [0, 0.05) is 30.5 Å². The van der Waals surface area contributed by atoms with Gasteiger partial charge in [-0.05, 0) is 19.4 Å². The SMILES string of the molecule is CC1(c2cncn2C2CCOC2)CCNC1. The van der Waals surface area contributed by atoms with Gasteiger partial charge in [-0.3, -0.25) is 0 Å². The third-order valence-electron chi connectivity index (χ3n) is 3.95. The van der Waals surface area contributed by atoms with Gasteiger partial charge in [0.1, 0.15) is 0 Å². The fourth-order valence-electron chi connectivity index (χ4n) is 2.84. The van der Waals surface area contributed by atoms with E-state index in [0.717, 1.165) is 32.7 Å². The largest absolute Gasteiger partial charge is 0.379 e. The van der Waals surface area contributed by atoms with Gasteiger partial charge in [-0.15, -0.1) is 0 Å². The molecule has 2 aliphatic rings. The molecule has 2 saturated heterocycles. The van der Waals surface area contributed by atoms with Gasteiger partial charge in [-0.2, -0.15) is 0 Å². The normalized spacial score (nSPS) is 34.7. The molecule has 16 heavy (non-hydrogen) atoms. The third kappa shape index (κ3) is 1.57. The number of imidazole rings is 1. The molecule has 2 atom stereocenters. The number of rotatable bonds is 2. The van der Waals surface area contributed by atoms with E-state index in [0.29, 0.717) is 6.04 Å². The number of aromatic nitrogens is 2. The topological polar surface area (TPSA) is 39.1 Å². The van der Waals surface area contributed by atoms with E-state index in [1.807, 2.05) is 12.5 Å². The molecule has 1 aromatic heterocycles. The molecule has 0 bridgehead atoms. The highest BCUT2D eigenvalue weighted by molar-refractivity contribution is 5.18. The van der Waals surface area contributed by atoms with Gasteiger partial charge in [-0.1, -0.05) is 6.92 Å². The molecule has 88 valence electrons. The Bertz CT molecular complexity index is 362. The van der Waals surface area contributed by atoms with E-state index in [-0.39, 0.29) is 5.41 Å². The van der Waals surface area contributed by atoms with Gasteiger partial charge >= 0.3 is 0 Å². The van der Waals surface area contributed by atoms with Crippen LogP contribution in [-0.2, 0) is 10.2 Å². The number of hydrogen-bond donors (Lipinski definition) is 1. The van der Waals surface area contributed by atoms with Crippen molar-refractivity contribution in [3.05, 3.63) is 18.2 Å².